The van der Waals surface area contributed by atoms with E-state index in [9.17, 15) is 4.79 Å². The summed E-state index contributed by atoms with van der Waals surface area (Å²) in [7, 11) is 0. The Balaban J connectivity index is 1.52. The van der Waals surface area contributed by atoms with Gasteiger partial charge in [0.25, 0.3) is 0 Å². The first-order valence-corrected chi connectivity index (χ1v) is 8.91. The van der Waals surface area contributed by atoms with Gasteiger partial charge < -0.3 is 19.7 Å². The highest BCUT2D eigenvalue weighted by molar-refractivity contribution is 6.03. The summed E-state index contributed by atoms with van der Waals surface area (Å²) in [5.74, 6) is 0.806. The molecule has 132 valence electrons. The van der Waals surface area contributed by atoms with Crippen molar-refractivity contribution in [3.8, 4) is 0 Å². The monoisotopic (exact) mass is 349 g/mol. The molecule has 4 heterocycles. The molecule has 4 aliphatic rings. The first kappa shape index (κ1) is 15.5. The van der Waals surface area contributed by atoms with Gasteiger partial charge in [0, 0.05) is 47.6 Å². The Morgan fingerprint density at radius 3 is 2.96 bits per heavy atom. The van der Waals surface area contributed by atoms with Crippen molar-refractivity contribution in [2.75, 3.05) is 19.8 Å². The topological polar surface area (TPSA) is 63.2 Å². The van der Waals surface area contributed by atoms with Gasteiger partial charge in [-0.15, -0.1) is 0 Å². The third-order valence-electron chi connectivity index (χ3n) is 4.93. The molecule has 6 nitrogen and oxygen atoms in total. The van der Waals surface area contributed by atoms with E-state index >= 15 is 0 Å². The molecule has 1 aromatic carbocycles. The predicted molar refractivity (Wildman–Crippen MR) is 96.0 cm³/mol. The number of rotatable bonds is 2. The molecule has 1 fully saturated rings. The summed E-state index contributed by atoms with van der Waals surface area (Å²) in [6.07, 6.45) is 6.64. The summed E-state index contributed by atoms with van der Waals surface area (Å²) in [6, 6.07) is 8.16. The molecule has 1 aromatic rings. The van der Waals surface area contributed by atoms with Gasteiger partial charge >= 0.3 is 0 Å². The van der Waals surface area contributed by atoms with Gasteiger partial charge in [-0.25, -0.2) is 4.99 Å². The SMILES string of the molecule is O=C1C=CC2=CN=C(c3cccc(C4OCCCO4)c3)N3CCC(=C23)N1. The summed E-state index contributed by atoms with van der Waals surface area (Å²) in [6.45, 7) is 2.24. The Kier molecular flexibility index (Phi) is 3.72. The molecule has 0 spiro atoms. The summed E-state index contributed by atoms with van der Waals surface area (Å²) in [5.41, 5.74) is 5.00. The van der Waals surface area contributed by atoms with Gasteiger partial charge in [0.1, 0.15) is 5.84 Å². The molecule has 0 aliphatic carbocycles. The van der Waals surface area contributed by atoms with Crippen molar-refractivity contribution in [3.63, 3.8) is 0 Å². The molecule has 4 aliphatic heterocycles. The smallest absolute Gasteiger partial charge is 0.248 e. The second kappa shape index (κ2) is 6.23. The molecule has 0 unspecified atom stereocenters. The number of benzene rings is 1. The maximum Gasteiger partial charge on any atom is 0.248 e. The lowest BCUT2D eigenvalue weighted by molar-refractivity contribution is -0.183. The molecule has 0 radical (unpaired) electrons. The van der Waals surface area contributed by atoms with Crippen LogP contribution in [0.25, 0.3) is 0 Å². The van der Waals surface area contributed by atoms with Crippen LogP contribution in [0.3, 0.4) is 0 Å². The molecule has 0 atom stereocenters. The molecule has 0 aromatic heterocycles. The molecule has 0 saturated carbocycles. The van der Waals surface area contributed by atoms with Crippen LogP contribution >= 0.6 is 0 Å². The van der Waals surface area contributed by atoms with Gasteiger partial charge in [-0.3, -0.25) is 4.79 Å². The predicted octanol–water partition coefficient (Wildman–Crippen LogP) is 2.37. The minimum atomic E-state index is -0.313. The molecule has 6 heteroatoms. The van der Waals surface area contributed by atoms with Crippen LogP contribution in [0.15, 0.2) is 64.6 Å². The standard InChI is InChI=1S/C20H19N3O3/c24-17-6-5-15-12-21-19(23-8-7-16(22-17)18(15)23)13-3-1-4-14(11-13)20-25-9-2-10-26-20/h1,3-6,11-12,20H,2,7-10H2,(H,22,24). The fraction of sp³-hybridized carbons (Fsp3) is 0.300. The number of carbonyl (C=O) groups is 1. The van der Waals surface area contributed by atoms with E-state index in [0.717, 1.165) is 66.5 Å². The Labute approximate surface area is 151 Å². The number of amidine groups is 1. The number of nitrogens with zero attached hydrogens (tertiary/aromatic N) is 2. The van der Waals surface area contributed by atoms with Gasteiger partial charge in [-0.2, -0.15) is 0 Å². The van der Waals surface area contributed by atoms with Crippen molar-refractivity contribution in [1.29, 1.82) is 0 Å². The third kappa shape index (κ3) is 2.58. The number of amides is 1. The Morgan fingerprint density at radius 1 is 1.19 bits per heavy atom. The first-order valence-electron chi connectivity index (χ1n) is 8.91. The number of nitrogens with one attached hydrogen (secondary N) is 1. The van der Waals surface area contributed by atoms with Crippen molar-refractivity contribution < 1.29 is 14.3 Å². The summed E-state index contributed by atoms with van der Waals surface area (Å²) < 4.78 is 11.5. The van der Waals surface area contributed by atoms with Crippen LogP contribution in [-0.4, -0.2) is 36.4 Å². The molecule has 5 rings (SSSR count). The molecule has 1 N–H and O–H groups in total. The zero-order valence-electron chi connectivity index (χ0n) is 14.3. The lowest BCUT2D eigenvalue weighted by atomic mass is 10.1. The molecule has 0 bridgehead atoms. The van der Waals surface area contributed by atoms with Crippen LogP contribution in [0.2, 0.25) is 0 Å². The summed E-state index contributed by atoms with van der Waals surface area (Å²) >= 11 is 0. The number of hydrogen-bond donors (Lipinski definition) is 1. The van der Waals surface area contributed by atoms with Crippen molar-refractivity contribution >= 4 is 11.7 Å². The van der Waals surface area contributed by atoms with E-state index in [1.165, 1.54) is 0 Å². The fourth-order valence-electron chi connectivity index (χ4n) is 3.75. The lowest BCUT2D eigenvalue weighted by Crippen LogP contribution is -2.31. The second-order valence-corrected chi connectivity index (χ2v) is 6.64. The summed E-state index contributed by atoms with van der Waals surface area (Å²) in [5, 5.41) is 2.98. The van der Waals surface area contributed by atoms with E-state index in [0.29, 0.717) is 0 Å². The summed E-state index contributed by atoms with van der Waals surface area (Å²) in [4.78, 5) is 18.7. The minimum Gasteiger partial charge on any atom is -0.348 e. The Bertz CT molecular complexity index is 891. The molecular weight excluding hydrogens is 330 g/mol. The largest absolute Gasteiger partial charge is 0.348 e. The molecule has 1 amide bonds. The van der Waals surface area contributed by atoms with Crippen LogP contribution in [0, 0.1) is 0 Å². The first-order chi connectivity index (χ1) is 12.8. The second-order valence-electron chi connectivity index (χ2n) is 6.64. The fourth-order valence-corrected chi connectivity index (χ4v) is 3.75. The molecular formula is C20H19N3O3. The van der Waals surface area contributed by atoms with Crippen molar-refractivity contribution in [3.05, 3.63) is 70.7 Å². The van der Waals surface area contributed by atoms with Crippen LogP contribution in [0.4, 0.5) is 0 Å². The van der Waals surface area contributed by atoms with E-state index in [2.05, 4.69) is 16.3 Å². The highest BCUT2D eigenvalue weighted by Gasteiger charge is 2.33. The Morgan fingerprint density at radius 2 is 2.08 bits per heavy atom. The van der Waals surface area contributed by atoms with E-state index in [4.69, 9.17) is 14.5 Å². The number of allylic oxidation sites excluding steroid dienone is 1. The van der Waals surface area contributed by atoms with Crippen LogP contribution in [-0.2, 0) is 14.3 Å². The highest BCUT2D eigenvalue weighted by Crippen LogP contribution is 2.34. The van der Waals surface area contributed by atoms with Crippen LogP contribution < -0.4 is 5.32 Å². The zero-order chi connectivity index (χ0) is 17.5. The van der Waals surface area contributed by atoms with Gasteiger partial charge in [0.2, 0.25) is 5.91 Å². The zero-order valence-corrected chi connectivity index (χ0v) is 14.3. The number of hydrogen-bond acceptors (Lipinski definition) is 5. The average Bonchev–Trinajstić information content (AvgIpc) is 3.03. The van der Waals surface area contributed by atoms with E-state index in [1.807, 2.05) is 30.5 Å². The Hall–Kier alpha value is -2.70. The maximum absolute atomic E-state index is 11.8. The van der Waals surface area contributed by atoms with Crippen molar-refractivity contribution in [2.24, 2.45) is 4.99 Å². The third-order valence-corrected chi connectivity index (χ3v) is 4.93. The van der Waals surface area contributed by atoms with E-state index < -0.39 is 0 Å². The normalized spacial score (nSPS) is 22.6. The maximum atomic E-state index is 11.8. The van der Waals surface area contributed by atoms with Gasteiger partial charge in [0.05, 0.1) is 18.9 Å². The van der Waals surface area contributed by atoms with E-state index in [-0.39, 0.29) is 12.2 Å². The highest BCUT2D eigenvalue weighted by atomic mass is 16.7. The van der Waals surface area contributed by atoms with E-state index in [1.54, 1.807) is 6.08 Å². The number of ether oxygens (including phenoxy) is 2. The molecule has 1 saturated heterocycles. The molecule has 26 heavy (non-hydrogen) atoms. The van der Waals surface area contributed by atoms with Gasteiger partial charge in [-0.1, -0.05) is 18.2 Å². The number of aliphatic imine (C=N–C) groups is 1. The number of carbonyl (C=O) groups excluding carboxylic acids is 1. The average molecular weight is 349 g/mol. The minimum absolute atomic E-state index is 0.0835. The quantitative estimate of drug-likeness (QED) is 0.890. The lowest BCUT2D eigenvalue weighted by Gasteiger charge is -2.28. The van der Waals surface area contributed by atoms with Crippen LogP contribution in [0.5, 0.6) is 0 Å². The van der Waals surface area contributed by atoms with Gasteiger partial charge in [0.15, 0.2) is 6.29 Å². The van der Waals surface area contributed by atoms with Crippen LogP contribution in [0.1, 0.15) is 30.3 Å². The van der Waals surface area contributed by atoms with Crippen molar-refractivity contribution in [1.82, 2.24) is 10.2 Å². The van der Waals surface area contributed by atoms with Crippen molar-refractivity contribution in [2.45, 2.75) is 19.1 Å². The van der Waals surface area contributed by atoms with Gasteiger partial charge in [-0.05, 0) is 18.6 Å².